The normalized spacial score (nSPS) is 11.1. The zero-order valence-corrected chi connectivity index (χ0v) is 8.64. The molecule has 0 amide bonds. The Hall–Kier alpha value is -1.84. The summed E-state index contributed by atoms with van der Waals surface area (Å²) >= 11 is 0. The van der Waals surface area contributed by atoms with E-state index < -0.39 is 5.97 Å². The molecule has 0 radical (unpaired) electrons. The minimum absolute atomic E-state index is 0.277. The molecule has 0 saturated heterocycles. The minimum atomic E-state index is -0.913. The molecular weight excluding hydrogens is 192 g/mol. The third-order valence-electron chi connectivity index (χ3n) is 2.40. The van der Waals surface area contributed by atoms with Gasteiger partial charge in [-0.2, -0.15) is 0 Å². The highest BCUT2D eigenvalue weighted by atomic mass is 16.4. The van der Waals surface area contributed by atoms with Gasteiger partial charge in [-0.15, -0.1) is 0 Å². The van der Waals surface area contributed by atoms with Crippen LogP contribution in [-0.2, 0) is 0 Å². The number of fused-ring (bicyclic) bond motifs is 1. The van der Waals surface area contributed by atoms with E-state index in [0.29, 0.717) is 10.9 Å². The van der Waals surface area contributed by atoms with E-state index in [1.807, 2.05) is 24.6 Å². The largest absolute Gasteiger partial charge is 0.478 e. The number of hydrogen-bond acceptors (Lipinski definition) is 2. The first-order chi connectivity index (χ1) is 7.11. The van der Waals surface area contributed by atoms with Crippen LogP contribution in [0.5, 0.6) is 0 Å². The maximum absolute atomic E-state index is 11.0. The molecule has 78 valence electrons. The molecule has 0 aliphatic rings. The molecule has 0 bridgehead atoms. The van der Waals surface area contributed by atoms with Crippen LogP contribution in [0.2, 0.25) is 0 Å². The number of carboxylic acid groups (broad SMARTS) is 1. The van der Waals surface area contributed by atoms with Crippen molar-refractivity contribution in [2.45, 2.75) is 19.9 Å². The number of aromatic nitrogens is 2. The van der Waals surface area contributed by atoms with Crippen LogP contribution in [0.1, 0.15) is 30.2 Å². The SMILES string of the molecule is CC(C)n1ccc2c(C(=O)O)ccnc21. The van der Waals surface area contributed by atoms with Gasteiger partial charge in [0.15, 0.2) is 0 Å². The predicted molar refractivity (Wildman–Crippen MR) is 57.1 cm³/mol. The van der Waals surface area contributed by atoms with Crippen molar-refractivity contribution in [2.24, 2.45) is 0 Å². The summed E-state index contributed by atoms with van der Waals surface area (Å²) in [5, 5.41) is 9.69. The molecule has 2 rings (SSSR count). The summed E-state index contributed by atoms with van der Waals surface area (Å²) in [5.41, 5.74) is 1.03. The Kier molecular flexibility index (Phi) is 2.19. The van der Waals surface area contributed by atoms with E-state index in [1.165, 1.54) is 12.3 Å². The fourth-order valence-corrected chi connectivity index (χ4v) is 1.66. The number of pyridine rings is 1. The minimum Gasteiger partial charge on any atom is -0.478 e. The Balaban J connectivity index is 2.74. The monoisotopic (exact) mass is 204 g/mol. The van der Waals surface area contributed by atoms with Gasteiger partial charge in [0.25, 0.3) is 0 Å². The van der Waals surface area contributed by atoms with Crippen molar-refractivity contribution < 1.29 is 9.90 Å². The summed E-state index contributed by atoms with van der Waals surface area (Å²) in [7, 11) is 0. The van der Waals surface area contributed by atoms with E-state index >= 15 is 0 Å². The van der Waals surface area contributed by atoms with Crippen molar-refractivity contribution in [1.82, 2.24) is 9.55 Å². The second-order valence-corrected chi connectivity index (χ2v) is 3.72. The van der Waals surface area contributed by atoms with Crippen LogP contribution in [0.4, 0.5) is 0 Å². The Labute approximate surface area is 87.2 Å². The van der Waals surface area contributed by atoms with Gasteiger partial charge in [-0.05, 0) is 26.0 Å². The number of rotatable bonds is 2. The van der Waals surface area contributed by atoms with Crippen LogP contribution < -0.4 is 0 Å². The molecule has 2 heterocycles. The molecule has 0 fully saturated rings. The Bertz CT molecular complexity index is 514. The molecular formula is C11H12N2O2. The second-order valence-electron chi connectivity index (χ2n) is 3.72. The van der Waals surface area contributed by atoms with E-state index in [2.05, 4.69) is 4.98 Å². The second kappa shape index (κ2) is 3.38. The van der Waals surface area contributed by atoms with Gasteiger partial charge in [-0.3, -0.25) is 0 Å². The van der Waals surface area contributed by atoms with Crippen molar-refractivity contribution in [2.75, 3.05) is 0 Å². The summed E-state index contributed by atoms with van der Waals surface area (Å²) < 4.78 is 1.96. The Morgan fingerprint density at radius 2 is 2.20 bits per heavy atom. The molecule has 2 aromatic heterocycles. The van der Waals surface area contributed by atoms with Crippen LogP contribution in [0.15, 0.2) is 24.5 Å². The third kappa shape index (κ3) is 1.48. The van der Waals surface area contributed by atoms with E-state index in [1.54, 1.807) is 6.07 Å². The smallest absolute Gasteiger partial charge is 0.336 e. The first-order valence-corrected chi connectivity index (χ1v) is 4.80. The van der Waals surface area contributed by atoms with Crippen molar-refractivity contribution in [3.63, 3.8) is 0 Å². The predicted octanol–water partition coefficient (Wildman–Crippen LogP) is 2.32. The number of carboxylic acids is 1. The van der Waals surface area contributed by atoms with Gasteiger partial charge in [0.2, 0.25) is 0 Å². The first-order valence-electron chi connectivity index (χ1n) is 4.80. The van der Waals surface area contributed by atoms with Gasteiger partial charge in [0.05, 0.1) is 5.56 Å². The zero-order chi connectivity index (χ0) is 11.0. The van der Waals surface area contributed by atoms with E-state index in [9.17, 15) is 4.79 Å². The van der Waals surface area contributed by atoms with E-state index in [0.717, 1.165) is 5.65 Å². The van der Waals surface area contributed by atoms with Gasteiger partial charge in [0.1, 0.15) is 5.65 Å². The summed E-state index contributed by atoms with van der Waals surface area (Å²) in [6, 6.07) is 3.60. The summed E-state index contributed by atoms with van der Waals surface area (Å²) in [6.07, 6.45) is 3.40. The van der Waals surface area contributed by atoms with Gasteiger partial charge in [-0.1, -0.05) is 0 Å². The number of aromatic carboxylic acids is 1. The lowest BCUT2D eigenvalue weighted by molar-refractivity contribution is 0.0699. The molecule has 0 saturated carbocycles. The van der Waals surface area contributed by atoms with Gasteiger partial charge in [0, 0.05) is 23.8 Å². The lowest BCUT2D eigenvalue weighted by Gasteiger charge is -2.08. The quantitative estimate of drug-likeness (QED) is 0.816. The first kappa shape index (κ1) is 9.71. The standard InChI is InChI=1S/C11H12N2O2/c1-7(2)13-6-4-8-9(11(14)15)3-5-12-10(8)13/h3-7H,1-2H3,(H,14,15). The van der Waals surface area contributed by atoms with Crippen LogP contribution >= 0.6 is 0 Å². The maximum Gasteiger partial charge on any atom is 0.336 e. The van der Waals surface area contributed by atoms with Crippen molar-refractivity contribution in [3.8, 4) is 0 Å². The molecule has 0 atom stereocenters. The van der Waals surface area contributed by atoms with Crippen molar-refractivity contribution in [1.29, 1.82) is 0 Å². The topological polar surface area (TPSA) is 55.1 Å². The fraction of sp³-hybridized carbons (Fsp3) is 0.273. The summed E-state index contributed by atoms with van der Waals surface area (Å²) in [5.74, 6) is -0.913. The summed E-state index contributed by atoms with van der Waals surface area (Å²) in [6.45, 7) is 4.07. The number of hydrogen-bond donors (Lipinski definition) is 1. The summed E-state index contributed by atoms with van der Waals surface area (Å²) in [4.78, 5) is 15.2. The highest BCUT2D eigenvalue weighted by Gasteiger charge is 2.12. The molecule has 2 aromatic rings. The number of nitrogens with zero attached hydrogens (tertiary/aromatic N) is 2. The van der Waals surface area contributed by atoms with Crippen LogP contribution in [0.3, 0.4) is 0 Å². The molecule has 0 aliphatic carbocycles. The fourth-order valence-electron chi connectivity index (χ4n) is 1.66. The molecule has 0 unspecified atom stereocenters. The van der Waals surface area contributed by atoms with Gasteiger partial charge < -0.3 is 9.67 Å². The lowest BCUT2D eigenvalue weighted by Crippen LogP contribution is -2.02. The maximum atomic E-state index is 11.0. The van der Waals surface area contributed by atoms with E-state index in [4.69, 9.17) is 5.11 Å². The third-order valence-corrected chi connectivity index (χ3v) is 2.40. The molecule has 0 aliphatic heterocycles. The van der Waals surface area contributed by atoms with Crippen LogP contribution in [-0.4, -0.2) is 20.6 Å². The Morgan fingerprint density at radius 3 is 2.80 bits per heavy atom. The zero-order valence-electron chi connectivity index (χ0n) is 8.64. The number of carbonyl (C=O) groups is 1. The van der Waals surface area contributed by atoms with E-state index in [-0.39, 0.29) is 6.04 Å². The highest BCUT2D eigenvalue weighted by molar-refractivity contribution is 6.01. The van der Waals surface area contributed by atoms with Crippen molar-refractivity contribution >= 4 is 17.0 Å². The molecule has 4 heteroatoms. The molecule has 1 N–H and O–H groups in total. The van der Waals surface area contributed by atoms with Crippen LogP contribution in [0.25, 0.3) is 11.0 Å². The van der Waals surface area contributed by atoms with Gasteiger partial charge in [-0.25, -0.2) is 9.78 Å². The van der Waals surface area contributed by atoms with Crippen molar-refractivity contribution in [3.05, 3.63) is 30.1 Å². The molecule has 4 nitrogen and oxygen atoms in total. The Morgan fingerprint density at radius 1 is 1.47 bits per heavy atom. The van der Waals surface area contributed by atoms with Crippen LogP contribution in [0, 0.1) is 0 Å². The van der Waals surface area contributed by atoms with Gasteiger partial charge >= 0.3 is 5.97 Å². The highest BCUT2D eigenvalue weighted by Crippen LogP contribution is 2.21. The average Bonchev–Trinajstić information content (AvgIpc) is 2.59. The average molecular weight is 204 g/mol. The molecule has 15 heavy (non-hydrogen) atoms. The molecule has 0 aromatic carbocycles. The lowest BCUT2D eigenvalue weighted by atomic mass is 10.2. The molecule has 0 spiro atoms.